The first kappa shape index (κ1) is 15.8. The van der Waals surface area contributed by atoms with Gasteiger partial charge in [0.05, 0.1) is 17.6 Å². The molecule has 0 spiro atoms. The molecule has 8 heteroatoms. The highest BCUT2D eigenvalue weighted by Gasteiger charge is 2.24. The van der Waals surface area contributed by atoms with Gasteiger partial charge in [-0.1, -0.05) is 0 Å². The van der Waals surface area contributed by atoms with Gasteiger partial charge in [-0.2, -0.15) is 0 Å². The molecule has 3 aromatic heterocycles. The highest BCUT2D eigenvalue weighted by molar-refractivity contribution is 7.21. The van der Waals surface area contributed by atoms with E-state index in [1.807, 2.05) is 11.0 Å². The summed E-state index contributed by atoms with van der Waals surface area (Å²) in [6.07, 6.45) is 6.54. The van der Waals surface area contributed by atoms with Crippen molar-refractivity contribution in [3.8, 4) is 11.3 Å². The van der Waals surface area contributed by atoms with Gasteiger partial charge in [0.15, 0.2) is 0 Å². The van der Waals surface area contributed by atoms with Crippen molar-refractivity contribution in [1.82, 2.24) is 19.9 Å². The number of likely N-dealkylation sites (tertiary alicyclic amines) is 1. The summed E-state index contributed by atoms with van der Waals surface area (Å²) in [7, 11) is 0. The molecule has 4 rings (SSSR count). The van der Waals surface area contributed by atoms with E-state index in [1.54, 1.807) is 18.5 Å². The van der Waals surface area contributed by atoms with Crippen molar-refractivity contribution in [3.63, 3.8) is 0 Å². The largest absolute Gasteiger partial charge is 0.396 e. The van der Waals surface area contributed by atoms with Crippen LogP contribution in [0.25, 0.3) is 21.6 Å². The first-order chi connectivity index (χ1) is 12.1. The van der Waals surface area contributed by atoms with Crippen LogP contribution in [0.4, 0.5) is 11.5 Å². The number of hydrogen-bond acceptors (Lipinski definition) is 7. The average Bonchev–Trinajstić information content (AvgIpc) is 2.98. The number of piperidine rings is 1. The van der Waals surface area contributed by atoms with E-state index in [4.69, 9.17) is 11.5 Å². The van der Waals surface area contributed by atoms with Crippen molar-refractivity contribution in [2.24, 2.45) is 0 Å². The number of thiophene rings is 1. The van der Waals surface area contributed by atoms with E-state index in [9.17, 15) is 4.79 Å². The van der Waals surface area contributed by atoms with E-state index >= 15 is 0 Å². The monoisotopic (exact) mass is 354 g/mol. The lowest BCUT2D eigenvalue weighted by molar-refractivity contribution is 0.0730. The van der Waals surface area contributed by atoms with Crippen LogP contribution < -0.4 is 11.5 Å². The van der Waals surface area contributed by atoms with Gasteiger partial charge < -0.3 is 16.4 Å². The molecule has 0 atom stereocenters. The fourth-order valence-electron chi connectivity index (χ4n) is 3.03. The number of fused-ring (bicyclic) bond motifs is 1. The van der Waals surface area contributed by atoms with Crippen LogP contribution in [-0.4, -0.2) is 38.8 Å². The molecule has 1 aliphatic rings. The van der Waals surface area contributed by atoms with Crippen LogP contribution in [0.5, 0.6) is 0 Å². The summed E-state index contributed by atoms with van der Waals surface area (Å²) in [6, 6.07) is 3.57. The van der Waals surface area contributed by atoms with Crippen molar-refractivity contribution in [1.29, 1.82) is 0 Å². The van der Waals surface area contributed by atoms with Crippen LogP contribution in [0.2, 0.25) is 0 Å². The Balaban J connectivity index is 1.73. The van der Waals surface area contributed by atoms with Gasteiger partial charge in [0, 0.05) is 24.8 Å². The van der Waals surface area contributed by atoms with E-state index < -0.39 is 0 Å². The minimum atomic E-state index is -0.0169. The molecule has 1 amide bonds. The second-order valence-electron chi connectivity index (χ2n) is 6.08. The number of nitrogens with two attached hydrogens (primary N) is 2. The molecule has 0 radical (unpaired) electrons. The molecule has 25 heavy (non-hydrogen) atoms. The normalized spacial score (nSPS) is 14.8. The Morgan fingerprint density at radius 2 is 1.96 bits per heavy atom. The Kier molecular flexibility index (Phi) is 3.96. The van der Waals surface area contributed by atoms with E-state index in [0.29, 0.717) is 32.4 Å². The number of hydrogen-bond donors (Lipinski definition) is 2. The minimum Gasteiger partial charge on any atom is -0.396 e. The molecule has 3 aromatic rings. The van der Waals surface area contributed by atoms with Crippen LogP contribution in [0.3, 0.4) is 0 Å². The standard InChI is InChI=1S/C17H18N6OS/c18-12-8-10(4-5-20-12)11-9-21-14-13(19)15(25-16(14)22-11)17(24)23-6-2-1-3-7-23/h4-5,8-9H,1-3,6-7,19H2,(H2,18,20). The number of nitrogens with zero attached hydrogens (tertiary/aromatic N) is 4. The van der Waals surface area contributed by atoms with E-state index in [0.717, 1.165) is 31.5 Å². The summed E-state index contributed by atoms with van der Waals surface area (Å²) in [6.45, 7) is 1.57. The predicted octanol–water partition coefficient (Wildman–Crippen LogP) is 2.54. The maximum atomic E-state index is 12.8. The fourth-order valence-corrected chi connectivity index (χ4v) is 4.05. The number of anilines is 2. The number of amides is 1. The number of rotatable bonds is 2. The van der Waals surface area contributed by atoms with Crippen molar-refractivity contribution < 1.29 is 4.79 Å². The zero-order chi connectivity index (χ0) is 17.4. The van der Waals surface area contributed by atoms with Crippen LogP contribution in [0, 0.1) is 0 Å². The summed E-state index contributed by atoms with van der Waals surface area (Å²) in [5, 5.41) is 0. The maximum Gasteiger partial charge on any atom is 0.266 e. The Morgan fingerprint density at radius 1 is 1.16 bits per heavy atom. The molecular weight excluding hydrogens is 336 g/mol. The molecule has 0 unspecified atom stereocenters. The van der Waals surface area contributed by atoms with E-state index in [-0.39, 0.29) is 5.91 Å². The summed E-state index contributed by atoms with van der Waals surface area (Å²) in [5.41, 5.74) is 14.4. The van der Waals surface area contributed by atoms with Gasteiger partial charge in [-0.15, -0.1) is 11.3 Å². The van der Waals surface area contributed by atoms with Crippen molar-refractivity contribution in [2.45, 2.75) is 19.3 Å². The summed E-state index contributed by atoms with van der Waals surface area (Å²) in [4.78, 5) is 28.9. The topological polar surface area (TPSA) is 111 Å². The van der Waals surface area contributed by atoms with Crippen LogP contribution >= 0.6 is 11.3 Å². The molecule has 1 fully saturated rings. The minimum absolute atomic E-state index is 0.0169. The second-order valence-corrected chi connectivity index (χ2v) is 7.08. The number of aromatic nitrogens is 3. The van der Waals surface area contributed by atoms with Crippen molar-refractivity contribution in [2.75, 3.05) is 24.6 Å². The summed E-state index contributed by atoms with van der Waals surface area (Å²) in [5.74, 6) is 0.405. The van der Waals surface area contributed by atoms with Crippen LogP contribution in [0.1, 0.15) is 28.9 Å². The maximum absolute atomic E-state index is 12.8. The Bertz CT molecular complexity index is 947. The third-order valence-corrected chi connectivity index (χ3v) is 5.43. The van der Waals surface area contributed by atoms with Crippen LogP contribution in [-0.2, 0) is 0 Å². The molecule has 1 saturated heterocycles. The van der Waals surface area contributed by atoms with Crippen molar-refractivity contribution >= 4 is 39.1 Å². The molecular formula is C17H18N6OS. The zero-order valence-electron chi connectivity index (χ0n) is 13.6. The van der Waals surface area contributed by atoms with E-state index in [1.165, 1.54) is 17.8 Å². The highest BCUT2D eigenvalue weighted by atomic mass is 32.1. The molecule has 1 aliphatic heterocycles. The van der Waals surface area contributed by atoms with Crippen molar-refractivity contribution in [3.05, 3.63) is 29.4 Å². The molecule has 4 N–H and O–H groups in total. The van der Waals surface area contributed by atoms with Gasteiger partial charge in [0.25, 0.3) is 5.91 Å². The Morgan fingerprint density at radius 3 is 2.72 bits per heavy atom. The fraction of sp³-hybridized carbons (Fsp3) is 0.294. The predicted molar refractivity (Wildman–Crippen MR) is 99.2 cm³/mol. The second kappa shape index (κ2) is 6.29. The Hall–Kier alpha value is -2.74. The highest BCUT2D eigenvalue weighted by Crippen LogP contribution is 2.33. The number of pyridine rings is 1. The number of carbonyl (C=O) groups is 1. The van der Waals surface area contributed by atoms with Gasteiger partial charge in [-0.3, -0.25) is 4.79 Å². The third-order valence-electron chi connectivity index (χ3n) is 4.35. The van der Waals surface area contributed by atoms with Gasteiger partial charge in [-0.25, -0.2) is 15.0 Å². The molecule has 4 heterocycles. The lowest BCUT2D eigenvalue weighted by atomic mass is 10.1. The number of carbonyl (C=O) groups excluding carboxylic acids is 1. The van der Waals surface area contributed by atoms with Gasteiger partial charge in [0.1, 0.15) is 21.0 Å². The Labute approximate surface area is 148 Å². The number of nitrogen functional groups attached to an aromatic ring is 2. The van der Waals surface area contributed by atoms with Gasteiger partial charge in [0.2, 0.25) is 0 Å². The van der Waals surface area contributed by atoms with Gasteiger partial charge in [-0.05, 0) is 31.4 Å². The van der Waals surface area contributed by atoms with E-state index in [2.05, 4.69) is 15.0 Å². The first-order valence-electron chi connectivity index (χ1n) is 8.19. The third kappa shape index (κ3) is 2.89. The molecule has 0 aliphatic carbocycles. The molecule has 128 valence electrons. The van der Waals surface area contributed by atoms with Crippen LogP contribution in [0.15, 0.2) is 24.5 Å². The van der Waals surface area contributed by atoms with Gasteiger partial charge >= 0.3 is 0 Å². The lowest BCUT2D eigenvalue weighted by Gasteiger charge is -2.26. The molecule has 0 aromatic carbocycles. The molecule has 0 saturated carbocycles. The first-order valence-corrected chi connectivity index (χ1v) is 9.01. The average molecular weight is 354 g/mol. The SMILES string of the molecule is Nc1cc(-c2cnc3c(N)c(C(=O)N4CCCCC4)sc3n2)ccn1. The molecule has 7 nitrogen and oxygen atoms in total. The lowest BCUT2D eigenvalue weighted by Crippen LogP contribution is -2.35. The zero-order valence-corrected chi connectivity index (χ0v) is 14.4. The summed E-state index contributed by atoms with van der Waals surface area (Å²) >= 11 is 1.30. The molecule has 0 bridgehead atoms. The summed E-state index contributed by atoms with van der Waals surface area (Å²) < 4.78 is 0. The quantitative estimate of drug-likeness (QED) is 0.731. The smallest absolute Gasteiger partial charge is 0.266 e.